The number of amides is 1. The Morgan fingerprint density at radius 2 is 2.11 bits per heavy atom. The third kappa shape index (κ3) is 1.44. The van der Waals surface area contributed by atoms with Gasteiger partial charge in [-0.05, 0) is 34.1 Å². The molecule has 2 rings (SSSR count). The molecule has 2 aliphatic rings. The Morgan fingerprint density at radius 3 is 2.61 bits per heavy atom. The van der Waals surface area contributed by atoms with E-state index in [-0.39, 0.29) is 17.4 Å². The van der Waals surface area contributed by atoms with Crippen molar-refractivity contribution in [2.24, 2.45) is 11.3 Å². The molecule has 0 N–H and O–H groups in total. The van der Waals surface area contributed by atoms with Crippen LogP contribution in [0.1, 0.15) is 34.1 Å². The highest BCUT2D eigenvalue weighted by Gasteiger charge is 2.64. The summed E-state index contributed by atoms with van der Waals surface area (Å²) in [6.07, 6.45) is 2.78. The minimum Gasteiger partial charge on any atom is -0.468 e. The van der Waals surface area contributed by atoms with E-state index in [0.29, 0.717) is 6.54 Å². The monoisotopic (exact) mass is 251 g/mol. The lowest BCUT2D eigenvalue weighted by atomic mass is 9.76. The van der Waals surface area contributed by atoms with Gasteiger partial charge >= 0.3 is 5.97 Å². The molecule has 4 nitrogen and oxygen atoms in total. The van der Waals surface area contributed by atoms with Crippen molar-refractivity contribution in [1.82, 2.24) is 4.90 Å². The van der Waals surface area contributed by atoms with E-state index in [4.69, 9.17) is 4.74 Å². The molecular weight excluding hydrogens is 230 g/mol. The fourth-order valence-corrected chi connectivity index (χ4v) is 3.20. The summed E-state index contributed by atoms with van der Waals surface area (Å²) in [5.41, 5.74) is -0.471. The molecule has 4 heteroatoms. The maximum atomic E-state index is 12.8. The van der Waals surface area contributed by atoms with Crippen LogP contribution in [-0.4, -0.2) is 36.0 Å². The molecule has 1 aliphatic heterocycles. The number of methoxy groups -OCH3 is 1. The van der Waals surface area contributed by atoms with Gasteiger partial charge in [-0.15, -0.1) is 0 Å². The van der Waals surface area contributed by atoms with Crippen LogP contribution in [0.3, 0.4) is 0 Å². The van der Waals surface area contributed by atoms with Gasteiger partial charge in [-0.1, -0.05) is 11.6 Å². The van der Waals surface area contributed by atoms with Crippen LogP contribution >= 0.6 is 0 Å². The molecule has 1 amide bonds. The van der Waals surface area contributed by atoms with Crippen molar-refractivity contribution in [2.75, 3.05) is 13.7 Å². The van der Waals surface area contributed by atoms with Gasteiger partial charge in [0.05, 0.1) is 7.11 Å². The van der Waals surface area contributed by atoms with Gasteiger partial charge in [0.25, 0.3) is 0 Å². The first-order valence-corrected chi connectivity index (χ1v) is 6.34. The summed E-state index contributed by atoms with van der Waals surface area (Å²) in [7, 11) is 1.35. The molecule has 0 aromatic carbocycles. The van der Waals surface area contributed by atoms with E-state index >= 15 is 0 Å². The zero-order valence-electron chi connectivity index (χ0n) is 11.7. The number of hydrogen-bond donors (Lipinski definition) is 0. The molecular formula is C14H21NO3. The van der Waals surface area contributed by atoms with Crippen molar-refractivity contribution in [3.63, 3.8) is 0 Å². The van der Waals surface area contributed by atoms with Gasteiger partial charge in [0, 0.05) is 18.0 Å². The summed E-state index contributed by atoms with van der Waals surface area (Å²) in [5, 5.41) is 0. The molecule has 1 heterocycles. The molecule has 0 radical (unpaired) electrons. The predicted octanol–water partition coefficient (Wildman–Crippen LogP) is 1.75. The second kappa shape index (κ2) is 3.84. The van der Waals surface area contributed by atoms with E-state index in [1.165, 1.54) is 7.11 Å². The highest BCUT2D eigenvalue weighted by molar-refractivity contribution is 6.08. The Balaban J connectivity index is 2.49. The van der Waals surface area contributed by atoms with Gasteiger partial charge in [-0.25, -0.2) is 0 Å². The highest BCUT2D eigenvalue weighted by Crippen LogP contribution is 2.52. The third-order valence-electron chi connectivity index (χ3n) is 4.25. The number of nitrogens with zero attached hydrogens (tertiary/aromatic N) is 1. The van der Waals surface area contributed by atoms with Crippen LogP contribution in [0.15, 0.2) is 11.6 Å². The fourth-order valence-electron chi connectivity index (χ4n) is 3.20. The van der Waals surface area contributed by atoms with Gasteiger partial charge < -0.3 is 9.64 Å². The Morgan fingerprint density at radius 1 is 1.50 bits per heavy atom. The largest absolute Gasteiger partial charge is 0.468 e. The minimum atomic E-state index is -1.05. The topological polar surface area (TPSA) is 46.6 Å². The maximum Gasteiger partial charge on any atom is 0.325 e. The first kappa shape index (κ1) is 13.1. The molecule has 1 saturated heterocycles. The van der Waals surface area contributed by atoms with Crippen LogP contribution in [0.4, 0.5) is 0 Å². The van der Waals surface area contributed by atoms with Crippen molar-refractivity contribution in [3.8, 4) is 0 Å². The summed E-state index contributed by atoms with van der Waals surface area (Å²) >= 11 is 0. The Labute approximate surface area is 108 Å². The normalized spacial score (nSPS) is 31.4. The summed E-state index contributed by atoms with van der Waals surface area (Å²) in [6.45, 7) is 8.48. The fraction of sp³-hybridized carbons (Fsp3) is 0.714. The summed E-state index contributed by atoms with van der Waals surface area (Å²) in [5.74, 6) is -0.481. The van der Waals surface area contributed by atoms with E-state index in [9.17, 15) is 9.59 Å². The number of ether oxygens (including phenoxy) is 1. The van der Waals surface area contributed by atoms with Crippen molar-refractivity contribution in [2.45, 2.75) is 39.7 Å². The van der Waals surface area contributed by atoms with E-state index in [0.717, 1.165) is 12.0 Å². The first-order chi connectivity index (χ1) is 8.26. The summed E-state index contributed by atoms with van der Waals surface area (Å²) in [6, 6.07) is 0. The summed E-state index contributed by atoms with van der Waals surface area (Å²) < 4.78 is 4.91. The van der Waals surface area contributed by atoms with Crippen molar-refractivity contribution in [3.05, 3.63) is 11.6 Å². The molecule has 100 valence electrons. The number of rotatable bonds is 1. The predicted molar refractivity (Wildman–Crippen MR) is 67.8 cm³/mol. The zero-order chi connectivity index (χ0) is 13.7. The number of fused-ring (bicyclic) bond motifs is 1. The van der Waals surface area contributed by atoms with Gasteiger partial charge in [-0.3, -0.25) is 9.59 Å². The molecule has 1 fully saturated rings. The lowest BCUT2D eigenvalue weighted by Crippen LogP contribution is -2.48. The molecule has 0 unspecified atom stereocenters. The highest BCUT2D eigenvalue weighted by atomic mass is 16.5. The average Bonchev–Trinajstić information content (AvgIpc) is 2.75. The van der Waals surface area contributed by atoms with Crippen LogP contribution < -0.4 is 0 Å². The maximum absolute atomic E-state index is 12.8. The summed E-state index contributed by atoms with van der Waals surface area (Å²) in [4.78, 5) is 26.8. The van der Waals surface area contributed by atoms with Crippen LogP contribution in [0.2, 0.25) is 0 Å². The van der Waals surface area contributed by atoms with Crippen LogP contribution in [0, 0.1) is 11.3 Å². The Kier molecular flexibility index (Phi) is 2.80. The SMILES string of the molecule is COC(=O)[C@]12C(=O)N(C(C)(C)C)C[C@H]1CC=C2C. The molecule has 0 spiro atoms. The van der Waals surface area contributed by atoms with Gasteiger partial charge in [0.2, 0.25) is 5.91 Å². The smallest absolute Gasteiger partial charge is 0.325 e. The molecule has 2 atom stereocenters. The second-order valence-corrected chi connectivity index (χ2v) is 6.21. The molecule has 0 aromatic rings. The quantitative estimate of drug-likeness (QED) is 0.405. The zero-order valence-corrected chi connectivity index (χ0v) is 11.7. The van der Waals surface area contributed by atoms with Crippen molar-refractivity contribution in [1.29, 1.82) is 0 Å². The van der Waals surface area contributed by atoms with Crippen LogP contribution in [0.25, 0.3) is 0 Å². The van der Waals surface area contributed by atoms with Crippen molar-refractivity contribution >= 4 is 11.9 Å². The third-order valence-corrected chi connectivity index (χ3v) is 4.25. The molecule has 0 saturated carbocycles. The van der Waals surface area contributed by atoms with Gasteiger partial charge in [0.15, 0.2) is 5.41 Å². The Hall–Kier alpha value is -1.32. The average molecular weight is 251 g/mol. The van der Waals surface area contributed by atoms with Gasteiger partial charge in [-0.2, -0.15) is 0 Å². The standard InChI is InChI=1S/C14H21NO3/c1-9-6-7-10-8-15(13(2,3)4)11(16)14(9,10)12(17)18-5/h6,10H,7-8H2,1-5H3/t10-,14+/m1/s1. The molecule has 18 heavy (non-hydrogen) atoms. The molecule has 1 aliphatic carbocycles. The lowest BCUT2D eigenvalue weighted by Gasteiger charge is -2.34. The lowest BCUT2D eigenvalue weighted by molar-refractivity contribution is -0.158. The number of allylic oxidation sites excluding steroid dienone is 1. The van der Waals surface area contributed by atoms with Gasteiger partial charge in [0.1, 0.15) is 0 Å². The Bertz CT molecular complexity index is 433. The van der Waals surface area contributed by atoms with Crippen LogP contribution in [-0.2, 0) is 14.3 Å². The van der Waals surface area contributed by atoms with E-state index < -0.39 is 11.4 Å². The first-order valence-electron chi connectivity index (χ1n) is 6.34. The number of carbonyl (C=O) groups is 2. The number of hydrogen-bond acceptors (Lipinski definition) is 3. The molecule has 0 aromatic heterocycles. The van der Waals surface area contributed by atoms with E-state index in [1.54, 1.807) is 0 Å². The number of likely N-dealkylation sites (tertiary alicyclic amines) is 1. The van der Waals surface area contributed by atoms with Crippen LogP contribution in [0.5, 0.6) is 0 Å². The van der Waals surface area contributed by atoms with E-state index in [2.05, 4.69) is 0 Å². The number of carbonyl (C=O) groups excluding carboxylic acids is 2. The number of esters is 1. The molecule has 0 bridgehead atoms. The minimum absolute atomic E-state index is 0.0247. The van der Waals surface area contributed by atoms with E-state index in [1.807, 2.05) is 38.7 Å². The second-order valence-electron chi connectivity index (χ2n) is 6.21. The van der Waals surface area contributed by atoms with Crippen molar-refractivity contribution < 1.29 is 14.3 Å².